The smallest absolute Gasteiger partial charge is 0.237 e. The van der Waals surface area contributed by atoms with Gasteiger partial charge in [-0.15, -0.1) is 10.2 Å². The highest BCUT2D eigenvalue weighted by atomic mass is 32.2. The summed E-state index contributed by atoms with van der Waals surface area (Å²) in [4.78, 5) is 6.86. The average molecular weight is 467 g/mol. The van der Waals surface area contributed by atoms with Crippen LogP contribution in [-0.2, 0) is 12.3 Å². The summed E-state index contributed by atoms with van der Waals surface area (Å²) in [6.07, 6.45) is 4.09. The van der Waals surface area contributed by atoms with Crippen LogP contribution in [0.25, 0.3) is 11.4 Å². The summed E-state index contributed by atoms with van der Waals surface area (Å²) in [5.41, 5.74) is 0.844. The molecule has 0 aliphatic carbocycles. The third-order valence-electron chi connectivity index (χ3n) is 5.65. The lowest BCUT2D eigenvalue weighted by Crippen LogP contribution is -2.36. The first-order chi connectivity index (χ1) is 16.2. The van der Waals surface area contributed by atoms with Crippen molar-refractivity contribution in [3.05, 3.63) is 54.3 Å². The van der Waals surface area contributed by atoms with Crippen molar-refractivity contribution in [2.75, 3.05) is 25.1 Å². The van der Waals surface area contributed by atoms with Crippen LogP contribution in [0.5, 0.6) is 5.75 Å². The van der Waals surface area contributed by atoms with Crippen LogP contribution in [0.1, 0.15) is 31.4 Å². The largest absolute Gasteiger partial charge is 0.497 e. The van der Waals surface area contributed by atoms with E-state index in [1.165, 1.54) is 18.2 Å². The number of ether oxygens (including phenoxy) is 1. The highest BCUT2D eigenvalue weighted by Crippen LogP contribution is 2.29. The minimum atomic E-state index is 0.490. The maximum absolute atomic E-state index is 5.60. The van der Waals surface area contributed by atoms with E-state index in [2.05, 4.69) is 36.7 Å². The molecular formula is C23H26N6O3S. The van der Waals surface area contributed by atoms with Gasteiger partial charge in [0.05, 0.1) is 25.7 Å². The molecule has 1 aromatic carbocycles. The standard InChI is InChI=1S/C23H26N6O3S/c1-16-6-4-10-28(13-16)22-25-26-23(29(22)14-19-9-5-11-31-19)33-15-20-24-21(27-32-20)17-7-3-8-18(12-17)30-2/h3,5,7-9,11-12,16H,4,6,10,13-15H2,1-2H3. The molecule has 172 valence electrons. The SMILES string of the molecule is COc1cccc(-c2noc(CSc3nnc(N4CCCC(C)C4)n3Cc3ccco3)n2)c1. The molecule has 0 radical (unpaired) electrons. The molecule has 0 bridgehead atoms. The van der Waals surface area contributed by atoms with E-state index in [-0.39, 0.29) is 0 Å². The molecule has 1 aliphatic heterocycles. The first-order valence-electron chi connectivity index (χ1n) is 11.0. The van der Waals surface area contributed by atoms with E-state index >= 15 is 0 Å². The van der Waals surface area contributed by atoms with Gasteiger partial charge in [0.25, 0.3) is 0 Å². The minimum absolute atomic E-state index is 0.490. The van der Waals surface area contributed by atoms with Gasteiger partial charge in [-0.25, -0.2) is 0 Å². The molecule has 1 atom stereocenters. The lowest BCUT2D eigenvalue weighted by molar-refractivity contribution is 0.391. The molecule has 0 N–H and O–H groups in total. The van der Waals surface area contributed by atoms with E-state index in [0.29, 0.717) is 29.9 Å². The van der Waals surface area contributed by atoms with Gasteiger partial charge >= 0.3 is 0 Å². The molecule has 0 spiro atoms. The summed E-state index contributed by atoms with van der Waals surface area (Å²) >= 11 is 1.52. The monoisotopic (exact) mass is 466 g/mol. The zero-order valence-electron chi connectivity index (χ0n) is 18.7. The Balaban J connectivity index is 1.34. The van der Waals surface area contributed by atoms with E-state index in [1.807, 2.05) is 36.4 Å². The lowest BCUT2D eigenvalue weighted by atomic mass is 10.0. The molecule has 0 saturated carbocycles. The second kappa shape index (κ2) is 9.70. The number of hydrogen-bond donors (Lipinski definition) is 0. The van der Waals surface area contributed by atoms with Gasteiger partial charge in [0.15, 0.2) is 5.16 Å². The summed E-state index contributed by atoms with van der Waals surface area (Å²) < 4.78 is 18.5. The van der Waals surface area contributed by atoms with Crippen molar-refractivity contribution in [1.29, 1.82) is 0 Å². The number of furan rings is 1. The number of methoxy groups -OCH3 is 1. The number of thioether (sulfide) groups is 1. The third kappa shape index (κ3) is 4.90. The molecule has 33 heavy (non-hydrogen) atoms. The molecular weight excluding hydrogens is 440 g/mol. The first kappa shape index (κ1) is 21.6. The Bertz CT molecular complexity index is 1190. The number of rotatable bonds is 8. The topological polar surface area (TPSA) is 95.2 Å². The minimum Gasteiger partial charge on any atom is -0.497 e. The Hall–Kier alpha value is -3.27. The predicted octanol–water partition coefficient (Wildman–Crippen LogP) is 4.51. The van der Waals surface area contributed by atoms with E-state index in [9.17, 15) is 0 Å². The summed E-state index contributed by atoms with van der Waals surface area (Å²) in [5, 5.41) is 13.9. The van der Waals surface area contributed by atoms with Crippen LogP contribution in [0.4, 0.5) is 5.95 Å². The second-order valence-corrected chi connectivity index (χ2v) is 9.12. The fourth-order valence-electron chi connectivity index (χ4n) is 4.01. The van der Waals surface area contributed by atoms with E-state index in [4.69, 9.17) is 13.7 Å². The van der Waals surface area contributed by atoms with Gasteiger partial charge in [0.2, 0.25) is 17.7 Å². The number of aromatic nitrogens is 5. The molecule has 0 amide bonds. The van der Waals surface area contributed by atoms with Crippen LogP contribution < -0.4 is 9.64 Å². The van der Waals surface area contributed by atoms with Crippen molar-refractivity contribution in [1.82, 2.24) is 24.9 Å². The van der Waals surface area contributed by atoms with Crippen molar-refractivity contribution in [2.45, 2.75) is 37.2 Å². The fourth-order valence-corrected chi connectivity index (χ4v) is 4.78. The van der Waals surface area contributed by atoms with Gasteiger partial charge in [-0.05, 0) is 43.0 Å². The second-order valence-electron chi connectivity index (χ2n) is 8.17. The molecule has 10 heteroatoms. The molecule has 9 nitrogen and oxygen atoms in total. The zero-order valence-corrected chi connectivity index (χ0v) is 19.5. The van der Waals surface area contributed by atoms with Gasteiger partial charge in [-0.3, -0.25) is 4.57 Å². The van der Waals surface area contributed by atoms with Crippen LogP contribution in [0.2, 0.25) is 0 Å². The first-order valence-corrected chi connectivity index (χ1v) is 12.0. The van der Waals surface area contributed by atoms with Crippen molar-refractivity contribution < 1.29 is 13.7 Å². The van der Waals surface area contributed by atoms with Gasteiger partial charge < -0.3 is 18.6 Å². The molecule has 5 rings (SSSR count). The van der Waals surface area contributed by atoms with Crippen LogP contribution in [0.3, 0.4) is 0 Å². The Morgan fingerprint density at radius 3 is 2.97 bits per heavy atom. The van der Waals surface area contributed by atoms with Crippen LogP contribution in [0, 0.1) is 5.92 Å². The summed E-state index contributed by atoms with van der Waals surface area (Å²) in [5.74, 6) is 4.67. The van der Waals surface area contributed by atoms with Crippen molar-refractivity contribution >= 4 is 17.7 Å². The molecule has 1 aliphatic rings. The van der Waals surface area contributed by atoms with Gasteiger partial charge in [-0.1, -0.05) is 36.0 Å². The van der Waals surface area contributed by atoms with Gasteiger partial charge in [0, 0.05) is 18.7 Å². The number of anilines is 1. The average Bonchev–Trinajstić information content (AvgIpc) is 3.60. The van der Waals surface area contributed by atoms with Crippen LogP contribution in [0.15, 0.2) is 56.8 Å². The fraction of sp³-hybridized carbons (Fsp3) is 0.391. The molecule has 1 saturated heterocycles. The Morgan fingerprint density at radius 2 is 2.15 bits per heavy atom. The molecule has 4 aromatic rings. The molecule has 4 heterocycles. The third-order valence-corrected chi connectivity index (χ3v) is 6.60. The van der Waals surface area contributed by atoms with Gasteiger partial charge in [-0.2, -0.15) is 4.98 Å². The molecule has 1 fully saturated rings. The normalized spacial score (nSPS) is 16.3. The summed E-state index contributed by atoms with van der Waals surface area (Å²) in [6.45, 7) is 4.82. The van der Waals surface area contributed by atoms with Crippen molar-refractivity contribution in [3.63, 3.8) is 0 Å². The molecule has 3 aromatic heterocycles. The molecule has 1 unspecified atom stereocenters. The number of benzene rings is 1. The highest BCUT2D eigenvalue weighted by Gasteiger charge is 2.24. The van der Waals surface area contributed by atoms with E-state index in [0.717, 1.165) is 47.7 Å². The van der Waals surface area contributed by atoms with E-state index < -0.39 is 0 Å². The highest BCUT2D eigenvalue weighted by molar-refractivity contribution is 7.98. The zero-order chi connectivity index (χ0) is 22.6. The maximum Gasteiger partial charge on any atom is 0.237 e. The van der Waals surface area contributed by atoms with Gasteiger partial charge in [0.1, 0.15) is 11.5 Å². The van der Waals surface area contributed by atoms with E-state index in [1.54, 1.807) is 13.4 Å². The van der Waals surface area contributed by atoms with Crippen molar-refractivity contribution in [3.8, 4) is 17.1 Å². The number of piperidine rings is 1. The van der Waals surface area contributed by atoms with Crippen molar-refractivity contribution in [2.24, 2.45) is 5.92 Å². The summed E-state index contributed by atoms with van der Waals surface area (Å²) in [6, 6.07) is 11.5. The quantitative estimate of drug-likeness (QED) is 0.348. The Kier molecular flexibility index (Phi) is 6.34. The number of nitrogens with zero attached hydrogens (tertiary/aromatic N) is 6. The predicted molar refractivity (Wildman–Crippen MR) is 124 cm³/mol. The summed E-state index contributed by atoms with van der Waals surface area (Å²) in [7, 11) is 1.63. The lowest BCUT2D eigenvalue weighted by Gasteiger charge is -2.31. The van der Waals surface area contributed by atoms with Crippen LogP contribution in [-0.4, -0.2) is 45.1 Å². The Labute approximate surface area is 196 Å². The Morgan fingerprint density at radius 1 is 1.21 bits per heavy atom. The maximum atomic E-state index is 5.60. The van der Waals surface area contributed by atoms with Crippen LogP contribution >= 0.6 is 11.8 Å². The number of hydrogen-bond acceptors (Lipinski definition) is 9.